The third-order valence-corrected chi connectivity index (χ3v) is 6.70. The van der Waals surface area contributed by atoms with Crippen LogP contribution in [-0.4, -0.2) is 58.6 Å². The van der Waals surface area contributed by atoms with Gasteiger partial charge in [-0.25, -0.2) is 14.5 Å². The van der Waals surface area contributed by atoms with Gasteiger partial charge in [0.1, 0.15) is 6.17 Å². The second-order valence-electron chi connectivity index (χ2n) is 5.16. The maximum atomic E-state index is 12.2. The average Bonchev–Trinajstić information content (AvgIpc) is 2.62. The van der Waals surface area contributed by atoms with Crippen LogP contribution >= 0.6 is 0 Å². The Balaban J connectivity index is 1.92. The number of rotatable bonds is 8. The topological polar surface area (TPSA) is 102 Å². The van der Waals surface area contributed by atoms with Crippen molar-refractivity contribution in [3.63, 3.8) is 0 Å². The average molecular weight is 354 g/mol. The molecule has 1 aliphatic heterocycles. The van der Waals surface area contributed by atoms with Crippen molar-refractivity contribution in [1.82, 2.24) is 20.5 Å². The molecule has 0 aliphatic carbocycles. The van der Waals surface area contributed by atoms with Crippen molar-refractivity contribution in [3.05, 3.63) is 30.1 Å². The Hall–Kier alpha value is -2.01. The van der Waals surface area contributed by atoms with Gasteiger partial charge in [0.15, 0.2) is 0 Å². The predicted molar refractivity (Wildman–Crippen MR) is 87.0 cm³/mol. The molecule has 10 heteroatoms. The van der Waals surface area contributed by atoms with E-state index in [0.29, 0.717) is 12.5 Å². The maximum Gasteiger partial charge on any atom is 0.500 e. The van der Waals surface area contributed by atoms with Crippen molar-refractivity contribution in [1.29, 1.82) is 0 Å². The Kier molecular flexibility index (Phi) is 6.26. The summed E-state index contributed by atoms with van der Waals surface area (Å²) in [6, 6.07) is 3.08. The minimum atomic E-state index is -2.71. The van der Waals surface area contributed by atoms with Crippen LogP contribution in [0.15, 0.2) is 24.5 Å². The lowest BCUT2D eigenvalue weighted by molar-refractivity contribution is 0.121. The molecule has 1 saturated heterocycles. The van der Waals surface area contributed by atoms with Gasteiger partial charge >= 0.3 is 20.9 Å². The maximum absolute atomic E-state index is 12.2. The van der Waals surface area contributed by atoms with Gasteiger partial charge in [0.2, 0.25) is 0 Å². The first-order valence-corrected chi connectivity index (χ1v) is 9.42. The molecule has 1 aliphatic rings. The van der Waals surface area contributed by atoms with Crippen molar-refractivity contribution < 1.29 is 22.9 Å². The Bertz CT molecular complexity index is 543. The Morgan fingerprint density at radius 2 is 1.62 bits per heavy atom. The molecule has 2 heterocycles. The molecule has 0 bridgehead atoms. The summed E-state index contributed by atoms with van der Waals surface area (Å²) < 4.78 is 16.0. The first-order chi connectivity index (χ1) is 11.5. The second-order valence-corrected chi connectivity index (χ2v) is 8.25. The molecular formula is C14H22N4O5Si. The van der Waals surface area contributed by atoms with E-state index in [1.807, 2.05) is 0 Å². The predicted octanol–water partition coefficient (Wildman–Crippen LogP) is 1.08. The van der Waals surface area contributed by atoms with Crippen LogP contribution in [0.4, 0.5) is 9.59 Å². The Morgan fingerprint density at radius 3 is 2.12 bits per heavy atom. The summed E-state index contributed by atoms with van der Waals surface area (Å²) in [6.07, 6.45) is 3.16. The van der Waals surface area contributed by atoms with Gasteiger partial charge in [0.05, 0.1) is 0 Å². The molecule has 2 rings (SSSR count). The van der Waals surface area contributed by atoms with E-state index in [4.69, 9.17) is 13.3 Å². The molecule has 1 aromatic rings. The number of aromatic nitrogens is 1. The highest BCUT2D eigenvalue weighted by molar-refractivity contribution is 6.60. The lowest BCUT2D eigenvalue weighted by atomic mass is 10.2. The summed E-state index contributed by atoms with van der Waals surface area (Å²) in [5, 5.41) is 5.50. The molecule has 132 valence electrons. The van der Waals surface area contributed by atoms with Gasteiger partial charge in [-0.1, -0.05) is 0 Å². The first-order valence-electron chi connectivity index (χ1n) is 7.49. The fraction of sp³-hybridized carbons (Fsp3) is 0.500. The lowest BCUT2D eigenvalue weighted by Gasteiger charge is -2.33. The molecule has 9 nitrogen and oxygen atoms in total. The van der Waals surface area contributed by atoms with Gasteiger partial charge in [0, 0.05) is 46.3 Å². The van der Waals surface area contributed by atoms with Gasteiger partial charge in [0.25, 0.3) is 0 Å². The zero-order valence-corrected chi connectivity index (χ0v) is 14.9. The fourth-order valence-corrected chi connectivity index (χ4v) is 4.17. The van der Waals surface area contributed by atoms with E-state index in [-0.39, 0.29) is 6.54 Å². The van der Waals surface area contributed by atoms with Gasteiger partial charge in [-0.15, -0.1) is 0 Å². The molecule has 0 aromatic carbocycles. The summed E-state index contributed by atoms with van der Waals surface area (Å²) in [6.45, 7) is 0.242. The van der Waals surface area contributed by atoms with E-state index in [2.05, 4.69) is 15.6 Å². The molecule has 1 aromatic heterocycles. The van der Waals surface area contributed by atoms with E-state index in [1.54, 1.807) is 24.5 Å². The molecule has 2 N–H and O–H groups in total. The monoisotopic (exact) mass is 354 g/mol. The van der Waals surface area contributed by atoms with E-state index >= 15 is 0 Å². The number of carbonyl (C=O) groups excluding carboxylic acids is 2. The number of imide groups is 1. The molecule has 0 unspecified atom stereocenters. The minimum Gasteiger partial charge on any atom is -0.377 e. The number of pyridine rings is 1. The molecule has 24 heavy (non-hydrogen) atoms. The van der Waals surface area contributed by atoms with Crippen LogP contribution in [0.25, 0.3) is 0 Å². The van der Waals surface area contributed by atoms with Crippen LogP contribution in [0.1, 0.15) is 18.2 Å². The molecule has 0 radical (unpaired) electrons. The third kappa shape index (κ3) is 4.09. The highest BCUT2D eigenvalue weighted by atomic mass is 28.4. The van der Waals surface area contributed by atoms with Gasteiger partial charge in [-0.2, -0.15) is 0 Å². The number of nitrogens with one attached hydrogen (secondary N) is 2. The van der Waals surface area contributed by atoms with Gasteiger partial charge < -0.3 is 23.9 Å². The molecule has 0 spiro atoms. The number of hydrogen-bond acceptors (Lipinski definition) is 6. The molecule has 1 fully saturated rings. The third-order valence-electron chi connectivity index (χ3n) is 3.86. The number of carbonyl (C=O) groups is 2. The minimum absolute atomic E-state index is 0.242. The first kappa shape index (κ1) is 18.3. The molecule has 0 saturated carbocycles. The smallest absolute Gasteiger partial charge is 0.377 e. The highest BCUT2D eigenvalue weighted by Gasteiger charge is 2.38. The summed E-state index contributed by atoms with van der Waals surface area (Å²) in [7, 11) is 1.87. The van der Waals surface area contributed by atoms with Crippen molar-refractivity contribution in [2.75, 3.05) is 27.9 Å². The van der Waals surface area contributed by atoms with Gasteiger partial charge in [-0.3, -0.25) is 4.98 Å². The highest BCUT2D eigenvalue weighted by Crippen LogP contribution is 2.18. The van der Waals surface area contributed by atoms with Crippen LogP contribution < -0.4 is 10.6 Å². The summed E-state index contributed by atoms with van der Waals surface area (Å²) in [5.74, 6) is 0. The fourth-order valence-electron chi connectivity index (χ4n) is 2.47. The second kappa shape index (κ2) is 8.19. The molecule has 0 atom stereocenters. The molecular weight excluding hydrogens is 332 g/mol. The van der Waals surface area contributed by atoms with Gasteiger partial charge in [-0.05, 0) is 24.1 Å². The molecule has 4 amide bonds. The summed E-state index contributed by atoms with van der Waals surface area (Å²) >= 11 is 0. The van der Waals surface area contributed by atoms with Crippen LogP contribution in [0.5, 0.6) is 0 Å². The number of hydrogen-bond donors (Lipinski definition) is 2. The Labute approximate surface area is 141 Å². The lowest BCUT2D eigenvalue weighted by Crippen LogP contribution is -2.59. The zero-order chi connectivity index (χ0) is 17.6. The number of urea groups is 2. The normalized spacial score (nSPS) is 16.0. The SMILES string of the molecule is CO[Si](CCCN1C(=O)NC(c2ccncc2)NC1=O)(OC)OC. The van der Waals surface area contributed by atoms with Crippen molar-refractivity contribution in [2.24, 2.45) is 0 Å². The van der Waals surface area contributed by atoms with Crippen molar-refractivity contribution in [3.8, 4) is 0 Å². The Morgan fingerprint density at radius 1 is 1.08 bits per heavy atom. The van der Waals surface area contributed by atoms with E-state index in [9.17, 15) is 9.59 Å². The summed E-state index contributed by atoms with van der Waals surface area (Å²) in [4.78, 5) is 29.5. The van der Waals surface area contributed by atoms with E-state index < -0.39 is 27.0 Å². The largest absolute Gasteiger partial charge is 0.500 e. The van der Waals surface area contributed by atoms with E-state index in [0.717, 1.165) is 10.5 Å². The van der Waals surface area contributed by atoms with Crippen molar-refractivity contribution in [2.45, 2.75) is 18.6 Å². The van der Waals surface area contributed by atoms with Crippen LogP contribution in [0, 0.1) is 0 Å². The van der Waals surface area contributed by atoms with Crippen molar-refractivity contribution >= 4 is 20.9 Å². The van der Waals surface area contributed by atoms with Crippen LogP contribution in [0.3, 0.4) is 0 Å². The van der Waals surface area contributed by atoms with Crippen LogP contribution in [-0.2, 0) is 13.3 Å². The standard InChI is InChI=1S/C14H22N4O5Si/c1-21-24(22-2,23-3)10-4-9-18-13(19)16-12(17-14(18)20)11-5-7-15-8-6-11/h5-8,12H,4,9-10H2,1-3H3,(H,16,19)(H,17,20). The zero-order valence-electron chi connectivity index (χ0n) is 13.9. The van der Waals surface area contributed by atoms with E-state index in [1.165, 1.54) is 21.3 Å². The quantitative estimate of drug-likeness (QED) is 0.678. The number of nitrogens with zero attached hydrogens (tertiary/aromatic N) is 2. The van der Waals surface area contributed by atoms with Crippen LogP contribution in [0.2, 0.25) is 6.04 Å². The number of amides is 4. The summed E-state index contributed by atoms with van der Waals surface area (Å²) in [5.41, 5.74) is 0.760.